The van der Waals surface area contributed by atoms with Crippen LogP contribution in [-0.2, 0) is 17.8 Å². The van der Waals surface area contributed by atoms with Crippen LogP contribution in [0.5, 0.6) is 0 Å². The fraction of sp³-hybridized carbons (Fsp3) is 0.294. The number of primary amides is 1. The second-order valence-electron chi connectivity index (χ2n) is 6.12. The molecule has 0 aliphatic carbocycles. The van der Waals surface area contributed by atoms with Crippen LogP contribution in [0.1, 0.15) is 45.0 Å². The van der Waals surface area contributed by atoms with Gasteiger partial charge in [0, 0.05) is 16.9 Å². The van der Waals surface area contributed by atoms with Crippen molar-refractivity contribution in [3.8, 4) is 0 Å². The molecule has 0 fully saturated rings. The molecule has 0 unspecified atom stereocenters. The molecule has 0 atom stereocenters. The van der Waals surface area contributed by atoms with Gasteiger partial charge in [0.2, 0.25) is 0 Å². The van der Waals surface area contributed by atoms with Crippen molar-refractivity contribution in [2.45, 2.75) is 32.5 Å². The summed E-state index contributed by atoms with van der Waals surface area (Å²) in [7, 11) is 0. The summed E-state index contributed by atoms with van der Waals surface area (Å²) in [4.78, 5) is 25.2. The Bertz CT molecular complexity index is 766. The van der Waals surface area contributed by atoms with Gasteiger partial charge in [-0.2, -0.15) is 0 Å². The Morgan fingerprint density at radius 1 is 1.26 bits per heavy atom. The number of carbonyl (C=O) groups is 2. The Morgan fingerprint density at radius 3 is 2.61 bits per heavy atom. The smallest absolute Gasteiger partial charge is 0.256 e. The lowest BCUT2D eigenvalue weighted by molar-refractivity contribution is -0.0383. The van der Waals surface area contributed by atoms with Gasteiger partial charge in [-0.1, -0.05) is 18.2 Å². The lowest BCUT2D eigenvalue weighted by Crippen LogP contribution is -2.32. The first-order chi connectivity index (χ1) is 10.9. The molecule has 1 aliphatic rings. The second-order valence-corrected chi connectivity index (χ2v) is 7.22. The Labute approximate surface area is 138 Å². The lowest BCUT2D eigenvalue weighted by Gasteiger charge is -2.30. The third-order valence-electron chi connectivity index (χ3n) is 3.80. The van der Waals surface area contributed by atoms with Crippen molar-refractivity contribution in [2.24, 2.45) is 5.73 Å². The number of fused-ring (bicyclic) bond motifs is 1. The van der Waals surface area contributed by atoms with E-state index in [0.717, 1.165) is 10.4 Å². The molecule has 0 radical (unpaired) electrons. The quantitative estimate of drug-likeness (QED) is 0.908. The monoisotopic (exact) mass is 330 g/mol. The normalized spacial score (nSPS) is 15.7. The van der Waals surface area contributed by atoms with Crippen molar-refractivity contribution >= 4 is 28.2 Å². The van der Waals surface area contributed by atoms with Crippen LogP contribution in [0.15, 0.2) is 30.3 Å². The number of hydrogen-bond acceptors (Lipinski definition) is 4. The van der Waals surface area contributed by atoms with Gasteiger partial charge in [0.05, 0.1) is 17.8 Å². The topological polar surface area (TPSA) is 81.4 Å². The Morgan fingerprint density at radius 2 is 1.96 bits per heavy atom. The summed E-state index contributed by atoms with van der Waals surface area (Å²) in [5.74, 6) is -0.782. The molecule has 0 spiro atoms. The van der Waals surface area contributed by atoms with E-state index in [-0.39, 0.29) is 11.5 Å². The number of nitrogens with one attached hydrogen (secondary N) is 1. The average molecular weight is 330 g/mol. The maximum atomic E-state index is 12.3. The molecule has 2 aromatic rings. The van der Waals surface area contributed by atoms with Gasteiger partial charge in [0.15, 0.2) is 0 Å². The molecule has 5 nitrogen and oxygen atoms in total. The summed E-state index contributed by atoms with van der Waals surface area (Å²) in [6, 6.07) is 8.87. The van der Waals surface area contributed by atoms with E-state index in [1.165, 1.54) is 11.3 Å². The van der Waals surface area contributed by atoms with Crippen LogP contribution in [0, 0.1) is 0 Å². The third-order valence-corrected chi connectivity index (χ3v) is 4.92. The maximum Gasteiger partial charge on any atom is 0.256 e. The SMILES string of the molecule is CC1(C)Cc2c(sc(NC(=O)c3ccccc3)c2C(N)=O)CO1. The van der Waals surface area contributed by atoms with Crippen LogP contribution in [0.3, 0.4) is 0 Å². The van der Waals surface area contributed by atoms with E-state index in [1.807, 2.05) is 19.9 Å². The first kappa shape index (κ1) is 15.7. The van der Waals surface area contributed by atoms with E-state index >= 15 is 0 Å². The molecule has 1 aromatic heterocycles. The molecule has 120 valence electrons. The summed E-state index contributed by atoms with van der Waals surface area (Å²) in [6.45, 7) is 4.37. The minimum Gasteiger partial charge on any atom is -0.370 e. The largest absolute Gasteiger partial charge is 0.370 e. The summed E-state index contributed by atoms with van der Waals surface area (Å²) in [6.07, 6.45) is 0.596. The summed E-state index contributed by atoms with van der Waals surface area (Å²) in [5, 5.41) is 3.31. The zero-order chi connectivity index (χ0) is 16.6. The fourth-order valence-corrected chi connectivity index (χ4v) is 3.80. The van der Waals surface area contributed by atoms with Gasteiger partial charge in [-0.25, -0.2) is 0 Å². The zero-order valence-corrected chi connectivity index (χ0v) is 13.8. The molecule has 6 heteroatoms. The fourth-order valence-electron chi connectivity index (χ4n) is 2.67. The van der Waals surface area contributed by atoms with Crippen molar-refractivity contribution in [3.05, 3.63) is 51.9 Å². The third kappa shape index (κ3) is 3.13. The average Bonchev–Trinajstić information content (AvgIpc) is 2.84. The first-order valence-corrected chi connectivity index (χ1v) is 8.14. The van der Waals surface area contributed by atoms with E-state index < -0.39 is 5.91 Å². The predicted molar refractivity (Wildman–Crippen MR) is 89.8 cm³/mol. The maximum absolute atomic E-state index is 12.3. The van der Waals surface area contributed by atoms with E-state index in [2.05, 4.69) is 5.32 Å². The van der Waals surface area contributed by atoms with Gasteiger partial charge < -0.3 is 15.8 Å². The number of carbonyl (C=O) groups excluding carboxylic acids is 2. The number of hydrogen-bond donors (Lipinski definition) is 2. The number of ether oxygens (including phenoxy) is 1. The van der Waals surface area contributed by atoms with Crippen molar-refractivity contribution in [3.63, 3.8) is 0 Å². The molecular weight excluding hydrogens is 312 g/mol. The number of rotatable bonds is 3. The molecule has 0 bridgehead atoms. The van der Waals surface area contributed by atoms with Crippen molar-refractivity contribution in [1.82, 2.24) is 0 Å². The molecular formula is C17H18N2O3S. The number of amides is 2. The number of nitrogens with two attached hydrogens (primary N) is 1. The summed E-state index contributed by atoms with van der Waals surface area (Å²) in [5.41, 5.74) is 7.05. The minimum atomic E-state index is -0.524. The van der Waals surface area contributed by atoms with Gasteiger partial charge in [-0.05, 0) is 31.5 Å². The van der Waals surface area contributed by atoms with Gasteiger partial charge in [0.1, 0.15) is 5.00 Å². The molecule has 0 saturated heterocycles. The molecule has 1 aliphatic heterocycles. The highest BCUT2D eigenvalue weighted by Gasteiger charge is 2.33. The Hall–Kier alpha value is -2.18. The van der Waals surface area contributed by atoms with Crippen LogP contribution in [0.25, 0.3) is 0 Å². The highest BCUT2D eigenvalue weighted by Crippen LogP contribution is 2.40. The molecule has 23 heavy (non-hydrogen) atoms. The van der Waals surface area contributed by atoms with Crippen molar-refractivity contribution < 1.29 is 14.3 Å². The van der Waals surface area contributed by atoms with E-state index in [0.29, 0.717) is 29.2 Å². The standard InChI is InChI=1S/C17H18N2O3S/c1-17(2)8-11-12(9-22-17)23-16(13(11)14(18)20)19-15(21)10-6-4-3-5-7-10/h3-7H,8-9H2,1-2H3,(H2,18,20)(H,19,21). The van der Waals surface area contributed by atoms with Crippen molar-refractivity contribution in [1.29, 1.82) is 0 Å². The highest BCUT2D eigenvalue weighted by molar-refractivity contribution is 7.17. The zero-order valence-electron chi connectivity index (χ0n) is 13.0. The number of anilines is 1. The summed E-state index contributed by atoms with van der Waals surface area (Å²) >= 11 is 1.36. The van der Waals surface area contributed by atoms with E-state index in [4.69, 9.17) is 10.5 Å². The highest BCUT2D eigenvalue weighted by atomic mass is 32.1. The number of thiophene rings is 1. The van der Waals surface area contributed by atoms with Crippen LogP contribution in [0.2, 0.25) is 0 Å². The number of benzene rings is 1. The van der Waals surface area contributed by atoms with Gasteiger partial charge in [0.25, 0.3) is 11.8 Å². The van der Waals surface area contributed by atoms with Crippen LogP contribution >= 0.6 is 11.3 Å². The van der Waals surface area contributed by atoms with Gasteiger partial charge in [-0.3, -0.25) is 9.59 Å². The molecule has 2 amide bonds. The Kier molecular flexibility index (Phi) is 3.95. The molecule has 1 aromatic carbocycles. The lowest BCUT2D eigenvalue weighted by atomic mass is 9.93. The van der Waals surface area contributed by atoms with E-state index in [1.54, 1.807) is 24.3 Å². The summed E-state index contributed by atoms with van der Waals surface area (Å²) < 4.78 is 5.78. The molecule has 2 heterocycles. The minimum absolute atomic E-state index is 0.258. The van der Waals surface area contributed by atoms with Crippen LogP contribution in [0.4, 0.5) is 5.00 Å². The van der Waals surface area contributed by atoms with Gasteiger partial charge in [-0.15, -0.1) is 11.3 Å². The second kappa shape index (κ2) is 5.79. The van der Waals surface area contributed by atoms with E-state index in [9.17, 15) is 9.59 Å². The molecule has 3 rings (SSSR count). The molecule has 3 N–H and O–H groups in total. The van der Waals surface area contributed by atoms with Crippen LogP contribution < -0.4 is 11.1 Å². The molecule has 0 saturated carbocycles. The Balaban J connectivity index is 1.96. The van der Waals surface area contributed by atoms with Crippen molar-refractivity contribution in [2.75, 3.05) is 5.32 Å². The predicted octanol–water partition coefficient (Wildman–Crippen LogP) is 2.95. The first-order valence-electron chi connectivity index (χ1n) is 7.32. The van der Waals surface area contributed by atoms with Crippen LogP contribution in [-0.4, -0.2) is 17.4 Å². The van der Waals surface area contributed by atoms with Gasteiger partial charge >= 0.3 is 0 Å².